The minimum absolute atomic E-state index is 0.0407. The molecule has 0 aliphatic carbocycles. The van der Waals surface area contributed by atoms with Crippen molar-refractivity contribution in [3.63, 3.8) is 0 Å². The van der Waals surface area contributed by atoms with Crippen LogP contribution in [0.5, 0.6) is 0 Å². The van der Waals surface area contributed by atoms with Crippen LogP contribution < -0.4 is 0 Å². The summed E-state index contributed by atoms with van der Waals surface area (Å²) in [5.74, 6) is -0.325. The summed E-state index contributed by atoms with van der Waals surface area (Å²) >= 11 is 0. The van der Waals surface area contributed by atoms with Gasteiger partial charge in [-0.25, -0.2) is 4.79 Å². The summed E-state index contributed by atoms with van der Waals surface area (Å²) in [6.45, 7) is 45.2. The van der Waals surface area contributed by atoms with Crippen molar-refractivity contribution in [1.29, 1.82) is 0 Å². The average Bonchev–Trinajstić information content (AvgIpc) is 2.84. The predicted molar refractivity (Wildman–Crippen MR) is 213 cm³/mol. The number of hydrogen-bond acceptors (Lipinski definition) is 5. The second kappa shape index (κ2) is 18.1. The van der Waals surface area contributed by atoms with Crippen LogP contribution >= 0.6 is 0 Å². The van der Waals surface area contributed by atoms with Gasteiger partial charge >= 0.3 is 5.97 Å². The maximum absolute atomic E-state index is 11.7. The molecule has 0 spiro atoms. The second-order valence-electron chi connectivity index (χ2n) is 17.8. The number of rotatable bonds is 16. The fraction of sp³-hybridized carbons (Fsp3) is 0.718. The van der Waals surface area contributed by atoms with E-state index >= 15 is 0 Å². The van der Waals surface area contributed by atoms with Crippen LogP contribution in [0.4, 0.5) is 0 Å². The molecule has 0 bridgehead atoms. The van der Waals surface area contributed by atoms with E-state index in [-0.39, 0.29) is 39.4 Å². The van der Waals surface area contributed by atoms with E-state index in [0.717, 1.165) is 23.1 Å². The molecule has 0 heterocycles. The first kappa shape index (κ1) is 45.7. The fourth-order valence-electron chi connectivity index (χ4n) is 4.11. The van der Waals surface area contributed by atoms with Crippen LogP contribution in [0.2, 0.25) is 54.4 Å². The normalized spacial score (nSPS) is 17.4. The third-order valence-corrected chi connectivity index (χ3v) is 23.7. The Kier molecular flexibility index (Phi) is 17.6. The van der Waals surface area contributed by atoms with Crippen LogP contribution in [0.3, 0.4) is 0 Å². The van der Waals surface area contributed by atoms with Gasteiger partial charge in [0, 0.05) is 12.2 Å². The van der Waals surface area contributed by atoms with Gasteiger partial charge in [0.25, 0.3) is 0 Å². The van der Waals surface area contributed by atoms with E-state index in [4.69, 9.17) is 18.0 Å². The Morgan fingerprint density at radius 2 is 1.13 bits per heavy atom. The van der Waals surface area contributed by atoms with E-state index < -0.39 is 25.0 Å². The Morgan fingerprint density at radius 3 is 1.60 bits per heavy atom. The first-order valence-corrected chi connectivity index (χ1v) is 26.3. The van der Waals surface area contributed by atoms with Gasteiger partial charge in [0.1, 0.15) is 0 Å². The molecule has 0 rings (SSSR count). The zero-order valence-corrected chi connectivity index (χ0v) is 37.2. The Balaban J connectivity index is 6.73. The minimum Gasteiger partial charge on any atom is -0.463 e. The van der Waals surface area contributed by atoms with E-state index in [2.05, 4.69) is 153 Å². The Bertz CT molecular complexity index is 1150. The molecule has 3 atom stereocenters. The van der Waals surface area contributed by atoms with Crippen molar-refractivity contribution in [3.05, 3.63) is 59.3 Å². The standard InChI is InChI=1S/C39H74O5Si3/c1-21-41-36(40)26-25-32(4)27-30(2)23-22-24-31(3)28-34(43-46(17,18)38(9,10)11)35(44-47(19,20)39(12,13)14)29-33(5)42-45(15,16)37(6,7)8/h22-28,33-35H,21,29H2,1-20H3/b24-22+,26-25+,30-23+,31-28+,32-27+/t33-,34+,35+/m1/s1. The van der Waals surface area contributed by atoms with Crippen LogP contribution in [0.1, 0.15) is 103 Å². The number of hydrogen-bond donors (Lipinski definition) is 0. The van der Waals surface area contributed by atoms with Gasteiger partial charge in [-0.2, -0.15) is 0 Å². The maximum atomic E-state index is 11.7. The summed E-state index contributed by atoms with van der Waals surface area (Å²) in [6, 6.07) is 0. The molecule has 0 fully saturated rings. The molecule has 0 aliphatic rings. The lowest BCUT2D eigenvalue weighted by Gasteiger charge is -2.46. The molecular formula is C39H74O5Si3. The van der Waals surface area contributed by atoms with Gasteiger partial charge in [-0.15, -0.1) is 0 Å². The van der Waals surface area contributed by atoms with Crippen molar-refractivity contribution in [2.45, 2.75) is 176 Å². The smallest absolute Gasteiger partial charge is 0.330 e. The first-order chi connectivity index (χ1) is 21.0. The number of esters is 1. The van der Waals surface area contributed by atoms with E-state index in [9.17, 15) is 4.79 Å². The van der Waals surface area contributed by atoms with Crippen LogP contribution in [-0.4, -0.2) is 55.8 Å². The zero-order chi connectivity index (χ0) is 37.2. The van der Waals surface area contributed by atoms with Crippen molar-refractivity contribution in [1.82, 2.24) is 0 Å². The summed E-state index contributed by atoms with van der Waals surface area (Å²) in [4.78, 5) is 11.7. The largest absolute Gasteiger partial charge is 0.463 e. The molecule has 0 amide bonds. The lowest BCUT2D eigenvalue weighted by Crippen LogP contribution is -2.52. The van der Waals surface area contributed by atoms with Crippen LogP contribution in [0, 0.1) is 0 Å². The molecule has 0 radical (unpaired) electrons. The van der Waals surface area contributed by atoms with Crippen LogP contribution in [0.15, 0.2) is 59.3 Å². The van der Waals surface area contributed by atoms with E-state index in [1.54, 1.807) is 13.0 Å². The molecule has 0 saturated heterocycles. The maximum Gasteiger partial charge on any atom is 0.330 e. The zero-order valence-electron chi connectivity index (χ0n) is 34.2. The Labute approximate surface area is 294 Å². The van der Waals surface area contributed by atoms with Crippen LogP contribution in [0.25, 0.3) is 0 Å². The number of ether oxygens (including phenoxy) is 1. The van der Waals surface area contributed by atoms with Crippen molar-refractivity contribution in [2.75, 3.05) is 6.61 Å². The molecule has 0 N–H and O–H groups in total. The highest BCUT2D eigenvalue weighted by Crippen LogP contribution is 2.42. The molecule has 0 aromatic carbocycles. The van der Waals surface area contributed by atoms with E-state index in [0.29, 0.717) is 6.61 Å². The van der Waals surface area contributed by atoms with Gasteiger partial charge < -0.3 is 18.0 Å². The fourth-order valence-corrected chi connectivity index (χ4v) is 8.16. The van der Waals surface area contributed by atoms with Crippen molar-refractivity contribution < 1.29 is 22.8 Å². The predicted octanol–water partition coefficient (Wildman–Crippen LogP) is 12.1. The minimum atomic E-state index is -2.16. The van der Waals surface area contributed by atoms with Gasteiger partial charge in [-0.05, 0) is 95.4 Å². The van der Waals surface area contributed by atoms with Crippen molar-refractivity contribution >= 4 is 30.9 Å². The number of carbonyl (C=O) groups is 1. The van der Waals surface area contributed by atoms with Crippen molar-refractivity contribution in [2.24, 2.45) is 0 Å². The number of allylic oxidation sites excluding steroid dienone is 8. The SMILES string of the molecule is CCOC(=O)/C=C/C(C)=C/C(C)=C/C=C/C(C)=C/[C@H](O[Si](C)(C)C(C)(C)C)[C@H](C[C@@H](C)O[Si](C)(C)C(C)(C)C)O[Si](C)(C)C(C)(C)C. The third kappa shape index (κ3) is 16.3. The van der Waals surface area contributed by atoms with E-state index in [1.165, 1.54) is 6.08 Å². The molecule has 8 heteroatoms. The summed E-state index contributed by atoms with van der Waals surface area (Å²) in [5.41, 5.74) is 3.20. The van der Waals surface area contributed by atoms with Crippen molar-refractivity contribution in [3.8, 4) is 0 Å². The highest BCUT2D eigenvalue weighted by Gasteiger charge is 2.45. The highest BCUT2D eigenvalue weighted by molar-refractivity contribution is 6.75. The highest BCUT2D eigenvalue weighted by atomic mass is 28.4. The molecule has 0 aliphatic heterocycles. The molecule has 0 aromatic heterocycles. The van der Waals surface area contributed by atoms with Crippen LogP contribution in [-0.2, 0) is 22.8 Å². The molecule has 0 saturated carbocycles. The Morgan fingerprint density at radius 1 is 0.660 bits per heavy atom. The monoisotopic (exact) mass is 706 g/mol. The molecular weight excluding hydrogens is 633 g/mol. The third-order valence-electron chi connectivity index (χ3n) is 10.1. The quantitative estimate of drug-likeness (QED) is 0.0692. The molecule has 5 nitrogen and oxygen atoms in total. The van der Waals surface area contributed by atoms with Gasteiger partial charge in [0.15, 0.2) is 25.0 Å². The Hall–Kier alpha value is -1.30. The van der Waals surface area contributed by atoms with Gasteiger partial charge in [-0.1, -0.05) is 115 Å². The summed E-state index contributed by atoms with van der Waals surface area (Å²) in [6.07, 6.45) is 14.4. The molecule has 0 aromatic rings. The molecule has 47 heavy (non-hydrogen) atoms. The summed E-state index contributed by atoms with van der Waals surface area (Å²) in [5, 5.41) is 0.250. The van der Waals surface area contributed by atoms with Gasteiger partial charge in [0.05, 0.1) is 18.8 Å². The van der Waals surface area contributed by atoms with Gasteiger partial charge in [-0.3, -0.25) is 0 Å². The number of carbonyl (C=O) groups excluding carboxylic acids is 1. The summed E-state index contributed by atoms with van der Waals surface area (Å²) in [7, 11) is -6.28. The average molecular weight is 707 g/mol. The lowest BCUT2D eigenvalue weighted by atomic mass is 10.0. The first-order valence-electron chi connectivity index (χ1n) is 17.6. The molecule has 0 unspecified atom stereocenters. The van der Waals surface area contributed by atoms with Gasteiger partial charge in [0.2, 0.25) is 0 Å². The lowest BCUT2D eigenvalue weighted by molar-refractivity contribution is -0.137. The van der Waals surface area contributed by atoms with E-state index in [1.807, 2.05) is 6.92 Å². The topological polar surface area (TPSA) is 54.0 Å². The second-order valence-corrected chi connectivity index (χ2v) is 32.1. The summed E-state index contributed by atoms with van der Waals surface area (Å²) < 4.78 is 26.4. The molecule has 272 valence electrons.